The number of carbonyl (C=O) groups is 1. The minimum atomic E-state index is -0.876. The summed E-state index contributed by atoms with van der Waals surface area (Å²) in [5.41, 5.74) is 0. The van der Waals surface area contributed by atoms with Crippen molar-refractivity contribution in [1.82, 2.24) is 4.90 Å². The van der Waals surface area contributed by atoms with Gasteiger partial charge in [-0.05, 0) is 13.3 Å². The van der Waals surface area contributed by atoms with Crippen LogP contribution < -0.4 is 0 Å². The van der Waals surface area contributed by atoms with Gasteiger partial charge in [-0.25, -0.2) is 4.39 Å². The number of alkyl halides is 1. The van der Waals surface area contributed by atoms with Gasteiger partial charge in [0.1, 0.15) is 12.2 Å². The summed E-state index contributed by atoms with van der Waals surface area (Å²) >= 11 is 0. The van der Waals surface area contributed by atoms with Crippen LogP contribution in [-0.4, -0.2) is 41.3 Å². The van der Waals surface area contributed by atoms with E-state index in [2.05, 4.69) is 0 Å². The molecule has 1 saturated heterocycles. The van der Waals surface area contributed by atoms with Crippen LogP contribution in [0.25, 0.3) is 0 Å². The minimum absolute atomic E-state index is 0.271. The fourth-order valence-electron chi connectivity index (χ4n) is 1.25. The Balaban J connectivity index is 2.43. The lowest BCUT2D eigenvalue weighted by Crippen LogP contribution is -2.37. The van der Waals surface area contributed by atoms with Crippen LogP contribution in [0.4, 0.5) is 4.39 Å². The number of aliphatic carboxylic acids is 1. The second-order valence-electron chi connectivity index (χ2n) is 2.90. The van der Waals surface area contributed by atoms with E-state index in [0.29, 0.717) is 13.0 Å². The van der Waals surface area contributed by atoms with Gasteiger partial charge < -0.3 is 5.11 Å². The Bertz CT molecular complexity index is 163. The van der Waals surface area contributed by atoms with E-state index in [-0.39, 0.29) is 6.54 Å². The molecular formula is C7H12FNO2. The van der Waals surface area contributed by atoms with Gasteiger partial charge in [0.2, 0.25) is 0 Å². The predicted molar refractivity (Wildman–Crippen MR) is 38.2 cm³/mol. The molecule has 0 bridgehead atoms. The third kappa shape index (κ3) is 1.89. The van der Waals surface area contributed by atoms with E-state index in [9.17, 15) is 9.18 Å². The molecule has 1 rings (SSSR count). The number of likely N-dealkylation sites (tertiary alicyclic amines) is 1. The van der Waals surface area contributed by atoms with Crippen molar-refractivity contribution in [2.45, 2.75) is 25.6 Å². The van der Waals surface area contributed by atoms with Gasteiger partial charge >= 0.3 is 5.97 Å². The maximum Gasteiger partial charge on any atom is 0.320 e. The zero-order valence-corrected chi connectivity index (χ0v) is 6.46. The SMILES string of the molecule is C[C@H](C(=O)O)N1CC[C@H](F)C1. The highest BCUT2D eigenvalue weighted by Gasteiger charge is 2.28. The van der Waals surface area contributed by atoms with Crippen molar-refractivity contribution in [2.24, 2.45) is 0 Å². The summed E-state index contributed by atoms with van der Waals surface area (Å²) in [6, 6.07) is -0.546. The number of nitrogens with zero attached hydrogens (tertiary/aromatic N) is 1. The lowest BCUT2D eigenvalue weighted by molar-refractivity contribution is -0.142. The van der Waals surface area contributed by atoms with Crippen LogP contribution in [0, 0.1) is 0 Å². The van der Waals surface area contributed by atoms with Crippen LogP contribution >= 0.6 is 0 Å². The van der Waals surface area contributed by atoms with Crippen molar-refractivity contribution < 1.29 is 14.3 Å². The highest BCUT2D eigenvalue weighted by atomic mass is 19.1. The van der Waals surface area contributed by atoms with Crippen LogP contribution in [0.1, 0.15) is 13.3 Å². The smallest absolute Gasteiger partial charge is 0.320 e. The molecule has 0 amide bonds. The number of hydrogen-bond acceptors (Lipinski definition) is 2. The van der Waals surface area contributed by atoms with Crippen molar-refractivity contribution in [3.05, 3.63) is 0 Å². The molecule has 4 heteroatoms. The molecule has 0 saturated carbocycles. The zero-order valence-electron chi connectivity index (χ0n) is 6.46. The molecule has 0 radical (unpaired) electrons. The first kappa shape index (κ1) is 8.46. The molecule has 1 aliphatic rings. The molecule has 1 aliphatic heterocycles. The molecule has 0 unspecified atom stereocenters. The standard InChI is InChI=1S/C7H12FNO2/c1-5(7(10)11)9-3-2-6(8)4-9/h5-6H,2-4H2,1H3,(H,10,11)/t5-,6+/m1/s1. The topological polar surface area (TPSA) is 40.5 Å². The van der Waals surface area contributed by atoms with Crippen LogP contribution in [0.3, 0.4) is 0 Å². The van der Waals surface area contributed by atoms with E-state index >= 15 is 0 Å². The third-order valence-electron chi connectivity index (χ3n) is 2.07. The van der Waals surface area contributed by atoms with Gasteiger partial charge in [-0.2, -0.15) is 0 Å². The van der Waals surface area contributed by atoms with E-state index in [1.165, 1.54) is 0 Å². The maximum atomic E-state index is 12.6. The quantitative estimate of drug-likeness (QED) is 0.641. The number of carboxylic acids is 1. The van der Waals surface area contributed by atoms with Gasteiger partial charge in [0, 0.05) is 13.1 Å². The highest BCUT2D eigenvalue weighted by molar-refractivity contribution is 5.72. The molecule has 0 aromatic carbocycles. The summed E-state index contributed by atoms with van der Waals surface area (Å²) in [4.78, 5) is 12.1. The number of halogens is 1. The van der Waals surface area contributed by atoms with Crippen LogP contribution in [0.5, 0.6) is 0 Å². The fourth-order valence-corrected chi connectivity index (χ4v) is 1.25. The molecule has 0 spiro atoms. The molecule has 1 heterocycles. The van der Waals surface area contributed by atoms with Gasteiger partial charge in [0.05, 0.1) is 0 Å². The number of hydrogen-bond donors (Lipinski definition) is 1. The van der Waals surface area contributed by atoms with Gasteiger partial charge in [0.25, 0.3) is 0 Å². The van der Waals surface area contributed by atoms with Gasteiger partial charge in [-0.15, -0.1) is 0 Å². The maximum absolute atomic E-state index is 12.6. The zero-order chi connectivity index (χ0) is 8.43. The Labute approximate surface area is 64.8 Å². The molecule has 0 aliphatic carbocycles. The summed E-state index contributed by atoms with van der Waals surface area (Å²) < 4.78 is 12.6. The highest BCUT2D eigenvalue weighted by Crippen LogP contribution is 2.14. The van der Waals surface area contributed by atoms with E-state index in [4.69, 9.17) is 5.11 Å². The van der Waals surface area contributed by atoms with Gasteiger partial charge in [0.15, 0.2) is 0 Å². The summed E-state index contributed by atoms with van der Waals surface area (Å²) in [7, 11) is 0. The lowest BCUT2D eigenvalue weighted by atomic mass is 10.3. The monoisotopic (exact) mass is 161 g/mol. The molecular weight excluding hydrogens is 149 g/mol. The van der Waals surface area contributed by atoms with Crippen molar-refractivity contribution in [3.8, 4) is 0 Å². The largest absolute Gasteiger partial charge is 0.480 e. The predicted octanol–water partition coefficient (Wildman–Crippen LogP) is 0.503. The Kier molecular flexibility index (Phi) is 2.44. The molecule has 2 atom stereocenters. The molecule has 1 fully saturated rings. The van der Waals surface area contributed by atoms with E-state index in [0.717, 1.165) is 0 Å². The number of carboxylic acid groups (broad SMARTS) is 1. The van der Waals surface area contributed by atoms with Crippen molar-refractivity contribution in [3.63, 3.8) is 0 Å². The molecule has 0 aromatic rings. The average Bonchev–Trinajstić information content (AvgIpc) is 2.34. The minimum Gasteiger partial charge on any atom is -0.480 e. The molecule has 1 N–H and O–H groups in total. The van der Waals surface area contributed by atoms with Crippen LogP contribution in [0.2, 0.25) is 0 Å². The van der Waals surface area contributed by atoms with Gasteiger partial charge in [-0.1, -0.05) is 0 Å². The van der Waals surface area contributed by atoms with Crippen molar-refractivity contribution in [2.75, 3.05) is 13.1 Å². The summed E-state index contributed by atoms with van der Waals surface area (Å²) in [5, 5.41) is 8.56. The molecule has 0 aromatic heterocycles. The molecule has 3 nitrogen and oxygen atoms in total. The summed E-state index contributed by atoms with van der Waals surface area (Å²) in [6.45, 7) is 2.42. The van der Waals surface area contributed by atoms with Gasteiger partial charge in [-0.3, -0.25) is 9.69 Å². The summed E-state index contributed by atoms with van der Waals surface area (Å²) in [5.74, 6) is -0.876. The fraction of sp³-hybridized carbons (Fsp3) is 0.857. The second kappa shape index (κ2) is 3.17. The van der Waals surface area contributed by atoms with Crippen molar-refractivity contribution >= 4 is 5.97 Å². The van der Waals surface area contributed by atoms with E-state index < -0.39 is 18.2 Å². The first-order valence-electron chi connectivity index (χ1n) is 3.72. The second-order valence-corrected chi connectivity index (χ2v) is 2.90. The number of rotatable bonds is 2. The normalized spacial score (nSPS) is 28.7. The van der Waals surface area contributed by atoms with E-state index in [1.54, 1.807) is 11.8 Å². The average molecular weight is 161 g/mol. The molecule has 11 heavy (non-hydrogen) atoms. The Hall–Kier alpha value is -0.640. The Morgan fingerprint density at radius 1 is 1.82 bits per heavy atom. The summed E-state index contributed by atoms with van der Waals surface area (Å²) in [6.07, 6.45) is -0.366. The van der Waals surface area contributed by atoms with Crippen molar-refractivity contribution in [1.29, 1.82) is 0 Å². The molecule has 64 valence electrons. The Morgan fingerprint density at radius 3 is 2.82 bits per heavy atom. The third-order valence-corrected chi connectivity index (χ3v) is 2.07. The van der Waals surface area contributed by atoms with Crippen LogP contribution in [0.15, 0.2) is 0 Å². The Morgan fingerprint density at radius 2 is 2.45 bits per heavy atom. The first-order valence-corrected chi connectivity index (χ1v) is 3.72. The lowest BCUT2D eigenvalue weighted by Gasteiger charge is -2.18. The first-order chi connectivity index (χ1) is 5.11. The van der Waals surface area contributed by atoms with Crippen LogP contribution in [-0.2, 0) is 4.79 Å². The van der Waals surface area contributed by atoms with E-state index in [1.807, 2.05) is 0 Å².